The zero-order valence-corrected chi connectivity index (χ0v) is 18.8. The fraction of sp³-hybridized carbons (Fsp3) is 0. The van der Waals surface area contributed by atoms with Crippen molar-refractivity contribution in [2.75, 3.05) is 10.2 Å². The van der Waals surface area contributed by atoms with E-state index in [9.17, 15) is 14.4 Å². The third-order valence-electron chi connectivity index (χ3n) is 5.03. The molecule has 0 radical (unpaired) electrons. The third-order valence-corrected chi connectivity index (χ3v) is 6.31. The summed E-state index contributed by atoms with van der Waals surface area (Å²) in [6.45, 7) is 0. The average Bonchev–Trinajstić information content (AvgIpc) is 3.37. The number of hydrogen-bond donors (Lipinski definition) is 1. The summed E-state index contributed by atoms with van der Waals surface area (Å²) in [6, 6.07) is 20.8. The molecule has 3 amide bonds. The van der Waals surface area contributed by atoms with Crippen LogP contribution in [0.4, 0.5) is 10.8 Å². The number of carbonyl (C=O) groups excluding carboxylic acids is 3. The molecule has 156 valence electrons. The standard InChI is InChI=1S/C24H14BrN3O3S/c25-16-10-8-14(9-11-16)20-13-32-24(26-20)27-21(29)15-4-3-5-17(12-15)28-22(30)18-6-1-2-7-19(18)23(28)31/h1-13H,(H,26,27,29). The minimum atomic E-state index is -0.401. The molecule has 5 rings (SSSR count). The number of aromatic nitrogens is 1. The Kier molecular flexibility index (Phi) is 5.16. The second-order valence-electron chi connectivity index (χ2n) is 7.04. The van der Waals surface area contributed by atoms with Gasteiger partial charge >= 0.3 is 0 Å². The van der Waals surface area contributed by atoms with Gasteiger partial charge in [0.1, 0.15) is 0 Å². The highest BCUT2D eigenvalue weighted by Crippen LogP contribution is 2.30. The predicted octanol–water partition coefficient (Wildman–Crippen LogP) is 5.63. The van der Waals surface area contributed by atoms with Crippen molar-refractivity contribution in [1.82, 2.24) is 4.98 Å². The second-order valence-corrected chi connectivity index (χ2v) is 8.81. The lowest BCUT2D eigenvalue weighted by atomic mass is 10.1. The molecule has 0 aliphatic carbocycles. The number of nitrogens with one attached hydrogen (secondary N) is 1. The molecule has 2 heterocycles. The quantitative estimate of drug-likeness (QED) is 0.366. The number of benzene rings is 3. The van der Waals surface area contributed by atoms with Crippen LogP contribution >= 0.6 is 27.3 Å². The van der Waals surface area contributed by atoms with Crippen molar-refractivity contribution in [3.05, 3.63) is 99.3 Å². The van der Waals surface area contributed by atoms with Gasteiger partial charge in [0.25, 0.3) is 17.7 Å². The van der Waals surface area contributed by atoms with Crippen LogP contribution < -0.4 is 10.2 Å². The molecule has 6 nitrogen and oxygen atoms in total. The van der Waals surface area contributed by atoms with E-state index >= 15 is 0 Å². The van der Waals surface area contributed by atoms with E-state index in [0.29, 0.717) is 27.5 Å². The van der Waals surface area contributed by atoms with Crippen LogP contribution in [0, 0.1) is 0 Å². The molecule has 4 aromatic rings. The van der Waals surface area contributed by atoms with E-state index in [-0.39, 0.29) is 5.91 Å². The topological polar surface area (TPSA) is 79.4 Å². The number of nitrogens with zero attached hydrogens (tertiary/aromatic N) is 2. The Labute approximate surface area is 195 Å². The van der Waals surface area contributed by atoms with Crippen LogP contribution in [0.25, 0.3) is 11.3 Å². The Morgan fingerprint density at radius 3 is 2.28 bits per heavy atom. The van der Waals surface area contributed by atoms with Crippen molar-refractivity contribution >= 4 is 55.8 Å². The first-order chi connectivity index (χ1) is 15.5. The van der Waals surface area contributed by atoms with Gasteiger partial charge in [0.15, 0.2) is 5.13 Å². The van der Waals surface area contributed by atoms with Crippen molar-refractivity contribution < 1.29 is 14.4 Å². The first-order valence-corrected chi connectivity index (χ1v) is 11.3. The molecule has 0 bridgehead atoms. The third kappa shape index (κ3) is 3.63. The van der Waals surface area contributed by atoms with Crippen molar-refractivity contribution in [2.45, 2.75) is 0 Å². The van der Waals surface area contributed by atoms with Crippen LogP contribution in [0.1, 0.15) is 31.1 Å². The summed E-state index contributed by atoms with van der Waals surface area (Å²) in [4.78, 5) is 43.9. The van der Waals surface area contributed by atoms with Crippen LogP contribution in [0.5, 0.6) is 0 Å². The normalized spacial score (nSPS) is 12.7. The first kappa shape index (κ1) is 20.3. The Morgan fingerprint density at radius 1 is 0.906 bits per heavy atom. The molecule has 0 saturated heterocycles. The van der Waals surface area contributed by atoms with E-state index < -0.39 is 11.8 Å². The minimum Gasteiger partial charge on any atom is -0.298 e. The number of carbonyl (C=O) groups is 3. The van der Waals surface area contributed by atoms with Crippen molar-refractivity contribution in [1.29, 1.82) is 0 Å². The Bertz CT molecular complexity index is 1350. The summed E-state index contributed by atoms with van der Waals surface area (Å²) in [5.74, 6) is -1.18. The maximum absolute atomic E-state index is 12.8. The second kappa shape index (κ2) is 8.14. The lowest BCUT2D eigenvalue weighted by Crippen LogP contribution is -2.29. The monoisotopic (exact) mass is 503 g/mol. The van der Waals surface area contributed by atoms with Crippen LogP contribution in [0.15, 0.2) is 82.6 Å². The van der Waals surface area contributed by atoms with Gasteiger partial charge in [-0.3, -0.25) is 19.7 Å². The summed E-state index contributed by atoms with van der Waals surface area (Å²) in [7, 11) is 0. The van der Waals surface area contributed by atoms with Gasteiger partial charge in [0, 0.05) is 21.0 Å². The van der Waals surface area contributed by atoms with E-state index in [2.05, 4.69) is 26.2 Å². The highest BCUT2D eigenvalue weighted by Gasteiger charge is 2.36. The van der Waals surface area contributed by atoms with Gasteiger partial charge in [-0.1, -0.05) is 46.3 Å². The molecule has 1 aliphatic rings. The van der Waals surface area contributed by atoms with Crippen LogP contribution in [-0.4, -0.2) is 22.7 Å². The Morgan fingerprint density at radius 2 is 1.59 bits per heavy atom. The van der Waals surface area contributed by atoms with Gasteiger partial charge < -0.3 is 0 Å². The molecule has 0 unspecified atom stereocenters. The molecule has 1 aromatic heterocycles. The zero-order valence-electron chi connectivity index (χ0n) is 16.4. The molecule has 3 aromatic carbocycles. The lowest BCUT2D eigenvalue weighted by molar-refractivity contribution is 0.0924. The highest BCUT2D eigenvalue weighted by molar-refractivity contribution is 9.10. The summed E-state index contributed by atoms with van der Waals surface area (Å²) in [5.41, 5.74) is 3.08. The number of thiazole rings is 1. The molecule has 8 heteroatoms. The Hall–Kier alpha value is -3.62. The number of halogens is 1. The van der Waals surface area contributed by atoms with E-state index in [0.717, 1.165) is 20.6 Å². The van der Waals surface area contributed by atoms with E-state index in [1.54, 1.807) is 42.5 Å². The Balaban J connectivity index is 1.36. The summed E-state index contributed by atoms with van der Waals surface area (Å²) in [5, 5.41) is 5.11. The summed E-state index contributed by atoms with van der Waals surface area (Å²) < 4.78 is 0.975. The zero-order chi connectivity index (χ0) is 22.2. The highest BCUT2D eigenvalue weighted by atomic mass is 79.9. The summed E-state index contributed by atoms with van der Waals surface area (Å²) >= 11 is 4.73. The van der Waals surface area contributed by atoms with E-state index in [1.807, 2.05) is 29.6 Å². The molecule has 0 fully saturated rings. The van der Waals surface area contributed by atoms with Gasteiger partial charge in [-0.2, -0.15) is 0 Å². The van der Waals surface area contributed by atoms with E-state index in [1.165, 1.54) is 17.4 Å². The first-order valence-electron chi connectivity index (χ1n) is 9.62. The van der Waals surface area contributed by atoms with Crippen molar-refractivity contribution in [3.8, 4) is 11.3 Å². The number of anilines is 2. The van der Waals surface area contributed by atoms with Gasteiger partial charge in [-0.15, -0.1) is 11.3 Å². The van der Waals surface area contributed by atoms with Crippen LogP contribution in [0.2, 0.25) is 0 Å². The molecular weight excluding hydrogens is 490 g/mol. The molecule has 0 saturated carbocycles. The maximum Gasteiger partial charge on any atom is 0.266 e. The van der Waals surface area contributed by atoms with Crippen LogP contribution in [-0.2, 0) is 0 Å². The average molecular weight is 504 g/mol. The van der Waals surface area contributed by atoms with Gasteiger partial charge in [0.05, 0.1) is 22.5 Å². The van der Waals surface area contributed by atoms with Crippen molar-refractivity contribution in [3.63, 3.8) is 0 Å². The minimum absolute atomic E-state index is 0.319. The molecule has 0 atom stereocenters. The van der Waals surface area contributed by atoms with Gasteiger partial charge in [-0.05, 0) is 42.5 Å². The van der Waals surface area contributed by atoms with E-state index in [4.69, 9.17) is 0 Å². The number of amides is 3. The maximum atomic E-state index is 12.8. The predicted molar refractivity (Wildman–Crippen MR) is 127 cm³/mol. The number of rotatable bonds is 4. The largest absolute Gasteiger partial charge is 0.298 e. The fourth-order valence-corrected chi connectivity index (χ4v) is 4.44. The van der Waals surface area contributed by atoms with Crippen molar-refractivity contribution in [2.24, 2.45) is 0 Å². The van der Waals surface area contributed by atoms with Gasteiger partial charge in [-0.25, -0.2) is 9.88 Å². The fourth-order valence-electron chi connectivity index (χ4n) is 3.46. The smallest absolute Gasteiger partial charge is 0.266 e. The molecule has 0 spiro atoms. The molecular formula is C24H14BrN3O3S. The number of fused-ring (bicyclic) bond motifs is 1. The SMILES string of the molecule is O=C(Nc1nc(-c2ccc(Br)cc2)cs1)c1cccc(N2C(=O)c3ccccc3C2=O)c1. The molecule has 1 N–H and O–H groups in total. The molecule has 1 aliphatic heterocycles. The molecule has 32 heavy (non-hydrogen) atoms. The number of imide groups is 1. The lowest BCUT2D eigenvalue weighted by Gasteiger charge is -2.14. The summed E-state index contributed by atoms with van der Waals surface area (Å²) in [6.07, 6.45) is 0. The van der Waals surface area contributed by atoms with Gasteiger partial charge in [0.2, 0.25) is 0 Å². The van der Waals surface area contributed by atoms with Crippen LogP contribution in [0.3, 0.4) is 0 Å². The number of hydrogen-bond acceptors (Lipinski definition) is 5.